The van der Waals surface area contributed by atoms with Gasteiger partial charge in [0.2, 0.25) is 0 Å². The van der Waals surface area contributed by atoms with Crippen molar-refractivity contribution < 1.29 is 4.74 Å². The molecule has 0 unspecified atom stereocenters. The van der Waals surface area contributed by atoms with E-state index in [2.05, 4.69) is 48.5 Å². The van der Waals surface area contributed by atoms with E-state index in [1.54, 1.807) is 0 Å². The molecule has 2 heteroatoms. The highest BCUT2D eigenvalue weighted by Gasteiger charge is 2.33. The predicted molar refractivity (Wildman–Crippen MR) is 122 cm³/mol. The van der Waals surface area contributed by atoms with Gasteiger partial charge in [0, 0.05) is 0 Å². The van der Waals surface area contributed by atoms with Crippen LogP contribution in [0.5, 0.6) is 5.75 Å². The molecule has 3 aromatic rings. The molecule has 4 rings (SSSR count). The predicted octanol–water partition coefficient (Wildman–Crippen LogP) is 7.71. The van der Waals surface area contributed by atoms with Gasteiger partial charge in [0.05, 0.1) is 6.10 Å². The highest BCUT2D eigenvalue weighted by Crippen LogP contribution is 2.43. The lowest BCUT2D eigenvalue weighted by atomic mass is 9.84. The van der Waals surface area contributed by atoms with Crippen LogP contribution in [0, 0.1) is 0 Å². The number of hydrogen-bond acceptors (Lipinski definition) is 1. The third-order valence-corrected chi connectivity index (χ3v) is 6.60. The lowest BCUT2D eigenvalue weighted by Gasteiger charge is -2.29. The van der Waals surface area contributed by atoms with E-state index >= 15 is 0 Å². The SMILES string of the molecule is ClC(c1ccccc1)(c1ccccc1)c1ccc(OC2CCCCCCC2)cc1. The molecule has 0 saturated heterocycles. The largest absolute Gasteiger partial charge is 0.490 e. The molecule has 1 fully saturated rings. The lowest BCUT2D eigenvalue weighted by molar-refractivity contribution is 0.166. The van der Waals surface area contributed by atoms with Crippen molar-refractivity contribution in [3.05, 3.63) is 102 Å². The Kier molecular flexibility index (Phi) is 6.56. The van der Waals surface area contributed by atoms with Crippen molar-refractivity contribution in [1.29, 1.82) is 0 Å². The van der Waals surface area contributed by atoms with E-state index in [1.807, 2.05) is 36.4 Å². The van der Waals surface area contributed by atoms with E-state index < -0.39 is 4.87 Å². The van der Waals surface area contributed by atoms with Crippen molar-refractivity contribution in [3.8, 4) is 5.75 Å². The normalized spacial score (nSPS) is 16.0. The van der Waals surface area contributed by atoms with E-state index in [1.165, 1.54) is 32.1 Å². The zero-order valence-corrected chi connectivity index (χ0v) is 17.7. The quantitative estimate of drug-likeness (QED) is 0.312. The second-order valence-electron chi connectivity index (χ2n) is 8.00. The summed E-state index contributed by atoms with van der Waals surface area (Å²) in [6.45, 7) is 0. The first-order valence-corrected chi connectivity index (χ1v) is 11.2. The summed E-state index contributed by atoms with van der Waals surface area (Å²) in [4.78, 5) is -0.721. The molecule has 0 aliphatic heterocycles. The Morgan fingerprint density at radius 1 is 0.586 bits per heavy atom. The van der Waals surface area contributed by atoms with Crippen LogP contribution in [0.2, 0.25) is 0 Å². The van der Waals surface area contributed by atoms with Crippen LogP contribution >= 0.6 is 11.6 Å². The lowest BCUT2D eigenvalue weighted by Crippen LogP contribution is -2.22. The summed E-state index contributed by atoms with van der Waals surface area (Å²) < 4.78 is 6.33. The number of rotatable bonds is 5. The summed E-state index contributed by atoms with van der Waals surface area (Å²) in [5.74, 6) is 0.944. The number of ether oxygens (including phenoxy) is 1. The third kappa shape index (κ3) is 4.67. The molecule has 1 nitrogen and oxygen atoms in total. The van der Waals surface area contributed by atoms with Gasteiger partial charge < -0.3 is 4.74 Å². The van der Waals surface area contributed by atoms with E-state index in [9.17, 15) is 0 Å². The first kappa shape index (κ1) is 20.0. The summed E-state index contributed by atoms with van der Waals surface area (Å²) in [5, 5.41) is 0. The fourth-order valence-electron chi connectivity index (χ4n) is 4.33. The van der Waals surface area contributed by atoms with Crippen molar-refractivity contribution in [1.82, 2.24) is 0 Å². The first-order chi connectivity index (χ1) is 14.3. The van der Waals surface area contributed by atoms with Crippen molar-refractivity contribution in [2.24, 2.45) is 0 Å². The second-order valence-corrected chi connectivity index (χ2v) is 8.57. The molecular formula is C27H29ClO. The smallest absolute Gasteiger partial charge is 0.119 e. The standard InChI is InChI=1S/C27H29ClO/c28-27(22-12-6-4-7-13-22,23-14-8-5-9-15-23)24-18-20-26(21-19-24)29-25-16-10-2-1-3-11-17-25/h4-9,12-15,18-21,25H,1-3,10-11,16-17H2. The Morgan fingerprint density at radius 3 is 1.55 bits per heavy atom. The summed E-state index contributed by atoms with van der Waals surface area (Å²) in [6.07, 6.45) is 9.25. The van der Waals surface area contributed by atoms with Gasteiger partial charge >= 0.3 is 0 Å². The Labute approximate surface area is 179 Å². The van der Waals surface area contributed by atoms with Gasteiger partial charge in [-0.2, -0.15) is 0 Å². The summed E-state index contributed by atoms with van der Waals surface area (Å²) in [5.41, 5.74) is 3.20. The molecule has 150 valence electrons. The monoisotopic (exact) mass is 404 g/mol. The Morgan fingerprint density at radius 2 is 1.03 bits per heavy atom. The molecule has 0 spiro atoms. The van der Waals surface area contributed by atoms with Crippen LogP contribution in [0.3, 0.4) is 0 Å². The number of hydrogen-bond donors (Lipinski definition) is 0. The van der Waals surface area contributed by atoms with Crippen LogP contribution in [0.15, 0.2) is 84.9 Å². The topological polar surface area (TPSA) is 9.23 Å². The fraction of sp³-hybridized carbons (Fsp3) is 0.333. The molecule has 1 aliphatic rings. The van der Waals surface area contributed by atoms with Crippen molar-refractivity contribution in [3.63, 3.8) is 0 Å². The average Bonchev–Trinajstić information content (AvgIpc) is 2.77. The van der Waals surface area contributed by atoms with E-state index in [4.69, 9.17) is 16.3 Å². The number of alkyl halides is 1. The van der Waals surface area contributed by atoms with Crippen LogP contribution in [0.25, 0.3) is 0 Å². The zero-order chi connectivity index (χ0) is 19.9. The molecule has 0 radical (unpaired) electrons. The molecule has 29 heavy (non-hydrogen) atoms. The van der Waals surface area contributed by atoms with Crippen molar-refractivity contribution in [2.45, 2.75) is 55.9 Å². The summed E-state index contributed by atoms with van der Waals surface area (Å²) >= 11 is 7.36. The van der Waals surface area contributed by atoms with Gasteiger partial charge in [-0.1, -0.05) is 92.1 Å². The van der Waals surface area contributed by atoms with Crippen molar-refractivity contribution >= 4 is 11.6 Å². The van der Waals surface area contributed by atoms with Gasteiger partial charge in [-0.15, -0.1) is 11.6 Å². The molecule has 0 aromatic heterocycles. The van der Waals surface area contributed by atoms with Gasteiger partial charge in [0.15, 0.2) is 0 Å². The van der Waals surface area contributed by atoms with Crippen molar-refractivity contribution in [2.75, 3.05) is 0 Å². The Bertz CT molecular complexity index is 826. The summed E-state index contributed by atoms with van der Waals surface area (Å²) in [7, 11) is 0. The van der Waals surface area contributed by atoms with Crippen LogP contribution in [0.4, 0.5) is 0 Å². The minimum atomic E-state index is -0.721. The molecule has 0 heterocycles. The molecular weight excluding hydrogens is 376 g/mol. The van der Waals surface area contributed by atoms with Gasteiger partial charge in [0.1, 0.15) is 10.6 Å². The second kappa shape index (κ2) is 9.50. The Balaban J connectivity index is 1.61. The van der Waals surface area contributed by atoms with Crippen LogP contribution < -0.4 is 4.74 Å². The minimum Gasteiger partial charge on any atom is -0.490 e. The summed E-state index contributed by atoms with van der Waals surface area (Å²) in [6, 6.07) is 29.0. The molecule has 0 amide bonds. The molecule has 1 saturated carbocycles. The third-order valence-electron chi connectivity index (χ3n) is 5.95. The average molecular weight is 405 g/mol. The van der Waals surface area contributed by atoms with Gasteiger partial charge in [0.25, 0.3) is 0 Å². The molecule has 0 N–H and O–H groups in total. The van der Waals surface area contributed by atoms with Crippen LogP contribution in [-0.4, -0.2) is 6.10 Å². The molecule has 0 bridgehead atoms. The highest BCUT2D eigenvalue weighted by molar-refractivity contribution is 6.28. The highest BCUT2D eigenvalue weighted by atomic mass is 35.5. The molecule has 3 aromatic carbocycles. The number of halogens is 1. The minimum absolute atomic E-state index is 0.338. The molecule has 1 aliphatic carbocycles. The van der Waals surface area contributed by atoms with E-state index in [-0.39, 0.29) is 0 Å². The molecule has 0 atom stereocenters. The van der Waals surface area contributed by atoms with Gasteiger partial charge in [-0.3, -0.25) is 0 Å². The van der Waals surface area contributed by atoms with Gasteiger partial charge in [-0.05, 0) is 54.5 Å². The zero-order valence-electron chi connectivity index (χ0n) is 16.9. The van der Waals surface area contributed by atoms with Crippen LogP contribution in [-0.2, 0) is 4.87 Å². The van der Waals surface area contributed by atoms with E-state index in [0.717, 1.165) is 35.3 Å². The number of benzene rings is 3. The maximum Gasteiger partial charge on any atom is 0.119 e. The van der Waals surface area contributed by atoms with Gasteiger partial charge in [-0.25, -0.2) is 0 Å². The maximum atomic E-state index is 7.36. The van der Waals surface area contributed by atoms with Crippen LogP contribution in [0.1, 0.15) is 61.6 Å². The van der Waals surface area contributed by atoms with E-state index in [0.29, 0.717) is 6.10 Å². The Hall–Kier alpha value is -2.25. The fourth-order valence-corrected chi connectivity index (χ4v) is 4.71. The maximum absolute atomic E-state index is 7.36. The first-order valence-electron chi connectivity index (χ1n) is 10.8.